The van der Waals surface area contributed by atoms with Crippen LogP contribution in [0.5, 0.6) is 0 Å². The molecule has 0 amide bonds. The molecule has 1 fully saturated rings. The summed E-state index contributed by atoms with van der Waals surface area (Å²) in [5.41, 5.74) is 0.737. The van der Waals surface area contributed by atoms with E-state index in [1.165, 1.54) is 24.5 Å². The molecule has 1 aliphatic carbocycles. The Morgan fingerprint density at radius 2 is 2.06 bits per heavy atom. The normalized spacial score (nSPS) is 22.5. The molecule has 0 radical (unpaired) electrons. The molecular weight excluding hydrogens is 470 g/mol. The lowest BCUT2D eigenvalue weighted by atomic mass is 9.99. The van der Waals surface area contributed by atoms with Crippen molar-refractivity contribution in [1.29, 1.82) is 0 Å². The molecule has 34 heavy (non-hydrogen) atoms. The monoisotopic (exact) mass is 489 g/mol. The van der Waals surface area contributed by atoms with Crippen molar-refractivity contribution in [3.8, 4) is 0 Å². The highest BCUT2D eigenvalue weighted by atomic mass is 35.5. The van der Waals surface area contributed by atoms with Crippen molar-refractivity contribution >= 4 is 23.5 Å². The smallest absolute Gasteiger partial charge is 0.363 e. The van der Waals surface area contributed by atoms with Crippen molar-refractivity contribution in [3.05, 3.63) is 94.2 Å². The number of hydrogen-bond donors (Lipinski definition) is 2. The molecule has 5 nitrogen and oxygen atoms in total. The lowest BCUT2D eigenvalue weighted by Gasteiger charge is -2.38. The van der Waals surface area contributed by atoms with Crippen molar-refractivity contribution in [1.82, 2.24) is 20.2 Å². The fraction of sp³-hybridized carbons (Fsp3) is 0.250. The van der Waals surface area contributed by atoms with Gasteiger partial charge in [-0.3, -0.25) is 0 Å². The van der Waals surface area contributed by atoms with Crippen LogP contribution >= 0.6 is 11.6 Å². The Balaban J connectivity index is 1.43. The number of benzene rings is 1. The Morgan fingerprint density at radius 3 is 2.76 bits per heavy atom. The molecule has 1 aromatic carbocycles. The molecule has 2 aliphatic heterocycles. The fourth-order valence-corrected chi connectivity index (χ4v) is 4.36. The number of fused-ring (bicyclic) bond motifs is 1. The highest BCUT2D eigenvalue weighted by Crippen LogP contribution is 2.45. The minimum absolute atomic E-state index is 0.163. The quantitative estimate of drug-likeness (QED) is 0.506. The number of allylic oxidation sites excluding steroid dienone is 3. The van der Waals surface area contributed by atoms with Gasteiger partial charge in [0.15, 0.2) is 0 Å². The van der Waals surface area contributed by atoms with Gasteiger partial charge in [-0.05, 0) is 50.0 Å². The van der Waals surface area contributed by atoms with E-state index >= 15 is 0 Å². The van der Waals surface area contributed by atoms with Crippen molar-refractivity contribution < 1.29 is 17.6 Å². The summed E-state index contributed by atoms with van der Waals surface area (Å²) in [5.74, 6) is -0.513. The average Bonchev–Trinajstić information content (AvgIpc) is 3.55. The predicted molar refractivity (Wildman–Crippen MR) is 121 cm³/mol. The minimum Gasteiger partial charge on any atom is -0.363 e. The molecule has 1 aromatic heterocycles. The van der Waals surface area contributed by atoms with Gasteiger partial charge in [0.2, 0.25) is 0 Å². The minimum atomic E-state index is -4.39. The Hall–Kier alpha value is -3.33. The number of hydrogen-bond acceptors (Lipinski definition) is 5. The second-order valence-electron chi connectivity index (χ2n) is 8.53. The van der Waals surface area contributed by atoms with E-state index in [2.05, 4.69) is 20.6 Å². The first kappa shape index (κ1) is 22.5. The number of halogens is 5. The van der Waals surface area contributed by atoms with E-state index < -0.39 is 23.3 Å². The second kappa shape index (κ2) is 8.16. The van der Waals surface area contributed by atoms with Crippen LogP contribution in [0.25, 0.3) is 6.08 Å². The SMILES string of the molecule is CC1(c2cccc(F)c2)NC=C2C(Cl)=CC(Nc3cc(C=C(C4CC4)C(F)(F)F)ncn3)=CN21. The zero-order valence-corrected chi connectivity index (χ0v) is 18.8. The van der Waals surface area contributed by atoms with Crippen LogP contribution in [-0.2, 0) is 5.66 Å². The van der Waals surface area contributed by atoms with Gasteiger partial charge in [-0.15, -0.1) is 0 Å². The van der Waals surface area contributed by atoms with Crippen LogP contribution in [0.15, 0.2) is 77.1 Å². The molecule has 5 rings (SSSR count). The fourth-order valence-electron chi connectivity index (χ4n) is 4.09. The summed E-state index contributed by atoms with van der Waals surface area (Å²) in [5, 5.41) is 6.77. The number of alkyl halides is 3. The summed E-state index contributed by atoms with van der Waals surface area (Å²) in [7, 11) is 0. The molecule has 3 aliphatic rings. The van der Waals surface area contributed by atoms with E-state index in [0.717, 1.165) is 6.08 Å². The van der Waals surface area contributed by atoms with Gasteiger partial charge in [-0.25, -0.2) is 14.4 Å². The van der Waals surface area contributed by atoms with Gasteiger partial charge in [0.25, 0.3) is 0 Å². The van der Waals surface area contributed by atoms with Crippen LogP contribution in [-0.4, -0.2) is 21.0 Å². The summed E-state index contributed by atoms with van der Waals surface area (Å²) >= 11 is 6.51. The number of nitrogens with zero attached hydrogens (tertiary/aromatic N) is 3. The molecular formula is C24H20ClF4N5. The molecule has 176 valence electrons. The molecule has 2 N–H and O–H groups in total. The van der Waals surface area contributed by atoms with E-state index in [0.29, 0.717) is 40.6 Å². The summed E-state index contributed by atoms with van der Waals surface area (Å²) in [4.78, 5) is 9.98. The van der Waals surface area contributed by atoms with Crippen molar-refractivity contribution in [2.24, 2.45) is 5.92 Å². The first-order valence-electron chi connectivity index (χ1n) is 10.6. The summed E-state index contributed by atoms with van der Waals surface area (Å²) in [6.45, 7) is 1.89. The molecule has 0 bridgehead atoms. The van der Waals surface area contributed by atoms with Gasteiger partial charge >= 0.3 is 6.18 Å². The van der Waals surface area contributed by atoms with Gasteiger partial charge in [0.1, 0.15) is 23.6 Å². The van der Waals surface area contributed by atoms with Crippen LogP contribution in [0, 0.1) is 11.7 Å². The Labute approximate surface area is 198 Å². The summed E-state index contributed by atoms with van der Waals surface area (Å²) in [6.07, 6.45) is 4.18. The first-order chi connectivity index (χ1) is 16.1. The summed E-state index contributed by atoms with van der Waals surface area (Å²) in [6, 6.07) is 7.71. The Kier molecular flexibility index (Phi) is 5.39. The van der Waals surface area contributed by atoms with Crippen molar-refractivity contribution in [3.63, 3.8) is 0 Å². The lowest BCUT2D eigenvalue weighted by molar-refractivity contribution is -0.0944. The first-order valence-corrected chi connectivity index (χ1v) is 11.0. The zero-order valence-electron chi connectivity index (χ0n) is 18.0. The predicted octanol–water partition coefficient (Wildman–Crippen LogP) is 5.98. The second-order valence-corrected chi connectivity index (χ2v) is 8.94. The third kappa shape index (κ3) is 4.27. The molecule has 2 aromatic rings. The zero-order chi connectivity index (χ0) is 24.1. The van der Waals surface area contributed by atoms with Crippen LogP contribution in [0.2, 0.25) is 0 Å². The topological polar surface area (TPSA) is 53.1 Å². The van der Waals surface area contributed by atoms with Crippen molar-refractivity contribution in [2.75, 3.05) is 5.32 Å². The molecule has 1 atom stereocenters. The number of nitrogens with one attached hydrogen (secondary N) is 2. The Bertz CT molecular complexity index is 1260. The third-order valence-corrected chi connectivity index (χ3v) is 6.32. The van der Waals surface area contributed by atoms with Gasteiger partial charge in [-0.2, -0.15) is 13.2 Å². The van der Waals surface area contributed by atoms with E-state index in [4.69, 9.17) is 11.6 Å². The lowest BCUT2D eigenvalue weighted by Crippen LogP contribution is -2.45. The van der Waals surface area contributed by atoms with E-state index in [-0.39, 0.29) is 11.5 Å². The number of rotatable bonds is 5. The highest BCUT2D eigenvalue weighted by molar-refractivity contribution is 6.32. The third-order valence-electron chi connectivity index (χ3n) is 6.02. The standard InChI is InChI=1S/C24H20ClF4N5/c1-23(15-3-2-4-16(26)7-15)32-11-21-20(25)9-18(12-34(21)23)33-22-10-17(30-13-31-22)8-19(14-5-6-14)24(27,28)29/h2-4,7-14,32H,5-6H2,1H3,(H,30,31,33). The maximum absolute atomic E-state index is 13.9. The van der Waals surface area contributed by atoms with Crippen molar-refractivity contribution in [2.45, 2.75) is 31.6 Å². The van der Waals surface area contributed by atoms with Gasteiger partial charge in [-0.1, -0.05) is 23.7 Å². The molecule has 10 heteroatoms. The molecule has 1 saturated carbocycles. The van der Waals surface area contributed by atoms with Crippen LogP contribution in [0.3, 0.4) is 0 Å². The van der Waals surface area contributed by atoms with Gasteiger partial charge < -0.3 is 15.5 Å². The van der Waals surface area contributed by atoms with Crippen LogP contribution in [0.4, 0.5) is 23.4 Å². The van der Waals surface area contributed by atoms with E-state index in [1.807, 2.05) is 11.8 Å². The maximum Gasteiger partial charge on any atom is 0.413 e. The molecule has 3 heterocycles. The maximum atomic E-state index is 13.9. The highest BCUT2D eigenvalue weighted by Gasteiger charge is 2.43. The molecule has 0 spiro atoms. The van der Waals surface area contributed by atoms with Gasteiger partial charge in [0.05, 0.1) is 22.1 Å². The molecule has 1 unspecified atom stereocenters. The van der Waals surface area contributed by atoms with Crippen LogP contribution in [0.1, 0.15) is 31.0 Å². The Morgan fingerprint density at radius 1 is 1.26 bits per heavy atom. The van der Waals surface area contributed by atoms with Crippen LogP contribution < -0.4 is 10.6 Å². The van der Waals surface area contributed by atoms with E-state index in [1.54, 1.807) is 30.6 Å². The molecule has 0 saturated heterocycles. The number of aromatic nitrogens is 2. The average molecular weight is 490 g/mol. The largest absolute Gasteiger partial charge is 0.413 e. The number of anilines is 1. The van der Waals surface area contributed by atoms with Gasteiger partial charge in [0, 0.05) is 29.6 Å². The summed E-state index contributed by atoms with van der Waals surface area (Å²) < 4.78 is 54.0. The van der Waals surface area contributed by atoms with E-state index in [9.17, 15) is 17.6 Å².